The van der Waals surface area contributed by atoms with Crippen molar-refractivity contribution in [1.29, 1.82) is 0 Å². The highest BCUT2D eigenvalue weighted by Gasteiger charge is 2.19. The van der Waals surface area contributed by atoms with Crippen LogP contribution in [0, 0.1) is 13.8 Å². The van der Waals surface area contributed by atoms with Crippen LogP contribution in [0.5, 0.6) is 5.75 Å². The second-order valence-electron chi connectivity index (χ2n) is 3.24. The molecule has 82 valence electrons. The van der Waals surface area contributed by atoms with Crippen molar-refractivity contribution in [2.75, 3.05) is 6.61 Å². The summed E-state index contributed by atoms with van der Waals surface area (Å²) in [5.74, 6) is -0.603. The van der Waals surface area contributed by atoms with Crippen LogP contribution in [0.15, 0.2) is 6.07 Å². The molecule has 1 aromatic carbocycles. The molecule has 0 saturated carbocycles. The molecule has 15 heavy (non-hydrogen) atoms. The molecule has 0 atom stereocenters. The molecule has 0 saturated heterocycles. The van der Waals surface area contributed by atoms with Crippen LogP contribution >= 0.6 is 11.6 Å². The van der Waals surface area contributed by atoms with E-state index in [1.54, 1.807) is 19.9 Å². The highest BCUT2D eigenvalue weighted by molar-refractivity contribution is 6.32. The normalized spacial score (nSPS) is 10.1. The van der Waals surface area contributed by atoms with Gasteiger partial charge < -0.3 is 9.84 Å². The summed E-state index contributed by atoms with van der Waals surface area (Å²) in [6.45, 7) is 5.70. The van der Waals surface area contributed by atoms with Gasteiger partial charge in [-0.3, -0.25) is 0 Å². The topological polar surface area (TPSA) is 46.5 Å². The minimum absolute atomic E-state index is 0.154. The number of rotatable bonds is 3. The van der Waals surface area contributed by atoms with E-state index in [0.717, 1.165) is 5.56 Å². The van der Waals surface area contributed by atoms with E-state index in [1.165, 1.54) is 0 Å². The van der Waals surface area contributed by atoms with E-state index in [0.29, 0.717) is 22.9 Å². The summed E-state index contributed by atoms with van der Waals surface area (Å²) in [6.07, 6.45) is 0. The molecule has 0 unspecified atom stereocenters. The zero-order valence-electron chi connectivity index (χ0n) is 8.93. The third-order valence-electron chi connectivity index (χ3n) is 2.16. The first-order valence-electron chi connectivity index (χ1n) is 4.64. The van der Waals surface area contributed by atoms with E-state index in [1.807, 2.05) is 6.92 Å². The van der Waals surface area contributed by atoms with Gasteiger partial charge in [-0.1, -0.05) is 11.6 Å². The van der Waals surface area contributed by atoms with Crippen LogP contribution in [0.25, 0.3) is 0 Å². The average Bonchev–Trinajstić information content (AvgIpc) is 2.14. The van der Waals surface area contributed by atoms with E-state index in [9.17, 15) is 4.79 Å². The number of hydrogen-bond acceptors (Lipinski definition) is 2. The Hall–Kier alpha value is -1.22. The van der Waals surface area contributed by atoms with Crippen molar-refractivity contribution in [3.8, 4) is 5.75 Å². The summed E-state index contributed by atoms with van der Waals surface area (Å²) in [6, 6.07) is 1.72. The van der Waals surface area contributed by atoms with Crippen LogP contribution in [0.2, 0.25) is 5.02 Å². The third kappa shape index (κ3) is 2.23. The van der Waals surface area contributed by atoms with Gasteiger partial charge in [0.25, 0.3) is 0 Å². The molecule has 0 aliphatic rings. The molecule has 0 fully saturated rings. The molecule has 0 bridgehead atoms. The Bertz CT molecular complexity index is 399. The molecule has 3 nitrogen and oxygen atoms in total. The minimum Gasteiger partial charge on any atom is -0.493 e. The van der Waals surface area contributed by atoms with Crippen molar-refractivity contribution >= 4 is 17.6 Å². The van der Waals surface area contributed by atoms with Crippen LogP contribution < -0.4 is 4.74 Å². The molecule has 0 amide bonds. The predicted molar refractivity (Wildman–Crippen MR) is 59.1 cm³/mol. The molecule has 4 heteroatoms. The second-order valence-corrected chi connectivity index (χ2v) is 3.65. The van der Waals surface area contributed by atoms with Crippen molar-refractivity contribution in [2.24, 2.45) is 0 Å². The minimum atomic E-state index is -1.01. The monoisotopic (exact) mass is 228 g/mol. The van der Waals surface area contributed by atoms with E-state index in [-0.39, 0.29) is 5.56 Å². The fraction of sp³-hybridized carbons (Fsp3) is 0.364. The highest BCUT2D eigenvalue weighted by Crippen LogP contribution is 2.32. The Kier molecular flexibility index (Phi) is 3.58. The summed E-state index contributed by atoms with van der Waals surface area (Å²) in [7, 11) is 0. The summed E-state index contributed by atoms with van der Waals surface area (Å²) in [4.78, 5) is 11.1. The number of halogens is 1. The van der Waals surface area contributed by atoms with Gasteiger partial charge in [0.2, 0.25) is 0 Å². The summed E-state index contributed by atoms with van der Waals surface area (Å²) in [5, 5.41) is 9.54. The summed E-state index contributed by atoms with van der Waals surface area (Å²) >= 11 is 5.92. The number of benzene rings is 1. The van der Waals surface area contributed by atoms with Crippen molar-refractivity contribution in [3.63, 3.8) is 0 Å². The number of carboxylic acid groups (broad SMARTS) is 1. The number of carboxylic acids is 1. The number of hydrogen-bond donors (Lipinski definition) is 1. The predicted octanol–water partition coefficient (Wildman–Crippen LogP) is 3.05. The van der Waals surface area contributed by atoms with Gasteiger partial charge >= 0.3 is 5.97 Å². The molecule has 0 radical (unpaired) electrons. The van der Waals surface area contributed by atoms with Crippen LogP contribution in [-0.2, 0) is 0 Å². The SMILES string of the molecule is CCOc1c(C)cc(Cl)c(C)c1C(=O)O. The fourth-order valence-electron chi connectivity index (χ4n) is 1.44. The van der Waals surface area contributed by atoms with Gasteiger partial charge in [-0.05, 0) is 38.0 Å². The van der Waals surface area contributed by atoms with Crippen LogP contribution in [0.3, 0.4) is 0 Å². The van der Waals surface area contributed by atoms with Gasteiger partial charge in [0.1, 0.15) is 11.3 Å². The Morgan fingerprint density at radius 1 is 1.53 bits per heavy atom. The first kappa shape index (κ1) is 11.9. The summed E-state index contributed by atoms with van der Waals surface area (Å²) < 4.78 is 5.33. The second kappa shape index (κ2) is 4.53. The molecular formula is C11H13ClO3. The van der Waals surface area contributed by atoms with E-state index in [4.69, 9.17) is 21.4 Å². The maximum atomic E-state index is 11.1. The first-order valence-corrected chi connectivity index (χ1v) is 5.02. The lowest BCUT2D eigenvalue weighted by Crippen LogP contribution is -2.07. The maximum Gasteiger partial charge on any atom is 0.339 e. The van der Waals surface area contributed by atoms with Crippen LogP contribution in [0.4, 0.5) is 0 Å². The van der Waals surface area contributed by atoms with Crippen LogP contribution in [-0.4, -0.2) is 17.7 Å². The van der Waals surface area contributed by atoms with E-state index >= 15 is 0 Å². The van der Waals surface area contributed by atoms with Gasteiger partial charge in [0.05, 0.1) is 6.61 Å². The van der Waals surface area contributed by atoms with E-state index in [2.05, 4.69) is 0 Å². The Labute approximate surface area is 93.6 Å². The lowest BCUT2D eigenvalue weighted by atomic mass is 10.0. The summed E-state index contributed by atoms with van der Waals surface area (Å²) in [5.41, 5.74) is 1.44. The standard InChI is InChI=1S/C11H13ClO3/c1-4-15-10-6(2)5-8(12)7(3)9(10)11(13)14/h5H,4H2,1-3H3,(H,13,14). The average molecular weight is 229 g/mol. The lowest BCUT2D eigenvalue weighted by Gasteiger charge is -2.13. The maximum absolute atomic E-state index is 11.1. The number of ether oxygens (including phenoxy) is 1. The quantitative estimate of drug-likeness (QED) is 0.865. The van der Waals surface area contributed by atoms with Gasteiger partial charge in [-0.15, -0.1) is 0 Å². The van der Waals surface area contributed by atoms with Gasteiger partial charge in [0, 0.05) is 5.02 Å². The van der Waals surface area contributed by atoms with Crippen molar-refractivity contribution in [1.82, 2.24) is 0 Å². The molecule has 1 N–H and O–H groups in total. The highest BCUT2D eigenvalue weighted by atomic mass is 35.5. The van der Waals surface area contributed by atoms with Gasteiger partial charge in [-0.25, -0.2) is 4.79 Å². The fourth-order valence-corrected chi connectivity index (χ4v) is 1.70. The zero-order valence-corrected chi connectivity index (χ0v) is 9.68. The molecule has 0 aromatic heterocycles. The first-order chi connectivity index (χ1) is 6.99. The molecule has 0 aliphatic carbocycles. The van der Waals surface area contributed by atoms with Crippen molar-refractivity contribution < 1.29 is 14.6 Å². The molecular weight excluding hydrogens is 216 g/mol. The molecule has 0 spiro atoms. The molecule has 0 heterocycles. The van der Waals surface area contributed by atoms with Crippen molar-refractivity contribution in [3.05, 3.63) is 27.8 Å². The van der Waals surface area contributed by atoms with Gasteiger partial charge in [0.15, 0.2) is 0 Å². The largest absolute Gasteiger partial charge is 0.493 e. The molecule has 1 aromatic rings. The third-order valence-corrected chi connectivity index (χ3v) is 2.56. The molecule has 1 rings (SSSR count). The Morgan fingerprint density at radius 2 is 2.13 bits per heavy atom. The molecule has 0 aliphatic heterocycles. The smallest absolute Gasteiger partial charge is 0.339 e. The Morgan fingerprint density at radius 3 is 2.60 bits per heavy atom. The zero-order chi connectivity index (χ0) is 11.6. The number of aryl methyl sites for hydroxylation is 1. The number of aromatic carboxylic acids is 1. The lowest BCUT2D eigenvalue weighted by molar-refractivity contribution is 0.0691. The Balaban J connectivity index is 3.47. The van der Waals surface area contributed by atoms with Gasteiger partial charge in [-0.2, -0.15) is 0 Å². The van der Waals surface area contributed by atoms with Crippen LogP contribution in [0.1, 0.15) is 28.4 Å². The van der Waals surface area contributed by atoms with E-state index < -0.39 is 5.97 Å². The number of carbonyl (C=O) groups is 1. The van der Waals surface area contributed by atoms with Crippen molar-refractivity contribution in [2.45, 2.75) is 20.8 Å².